The predicted octanol–water partition coefficient (Wildman–Crippen LogP) is 3.57. The van der Waals surface area contributed by atoms with Crippen LogP contribution in [0, 0.1) is 0 Å². The van der Waals surface area contributed by atoms with Crippen LogP contribution in [0.1, 0.15) is 23.8 Å². The zero-order chi connectivity index (χ0) is 11.4. The number of rotatable bonds is 4. The second kappa shape index (κ2) is 5.57. The van der Waals surface area contributed by atoms with Crippen molar-refractivity contribution in [3.63, 3.8) is 0 Å². The van der Waals surface area contributed by atoms with Gasteiger partial charge < -0.3 is 5.11 Å². The molecule has 0 saturated heterocycles. The Balaban J connectivity index is 1.94. The van der Waals surface area contributed by atoms with Crippen LogP contribution in [-0.2, 0) is 6.42 Å². The van der Waals surface area contributed by atoms with Gasteiger partial charge in [-0.1, -0.05) is 6.07 Å². The fourth-order valence-electron chi connectivity index (χ4n) is 1.52. The first kappa shape index (κ1) is 11.8. The van der Waals surface area contributed by atoms with Crippen molar-refractivity contribution in [2.24, 2.45) is 0 Å². The number of hydrogen-bond acceptors (Lipinski definition) is 3. The molecule has 2 nitrogen and oxygen atoms in total. The van der Waals surface area contributed by atoms with Gasteiger partial charge in [0.05, 0.1) is 6.10 Å². The van der Waals surface area contributed by atoms with Gasteiger partial charge in [-0.3, -0.25) is 4.98 Å². The molecule has 84 valence electrons. The van der Waals surface area contributed by atoms with Crippen LogP contribution >= 0.6 is 27.3 Å². The van der Waals surface area contributed by atoms with E-state index in [0.29, 0.717) is 6.42 Å². The first-order chi connectivity index (χ1) is 7.77. The Morgan fingerprint density at radius 3 is 2.88 bits per heavy atom. The third-order valence-corrected chi connectivity index (χ3v) is 4.15. The first-order valence-corrected chi connectivity index (χ1v) is 6.80. The van der Waals surface area contributed by atoms with Crippen molar-refractivity contribution in [1.82, 2.24) is 4.98 Å². The van der Waals surface area contributed by atoms with E-state index in [2.05, 4.69) is 20.9 Å². The van der Waals surface area contributed by atoms with E-state index in [9.17, 15) is 5.11 Å². The maximum Gasteiger partial charge on any atom is 0.0812 e. The van der Waals surface area contributed by atoms with Gasteiger partial charge >= 0.3 is 0 Å². The standard InChI is InChI=1S/C12H12BrNOS/c13-11-8-16-7-10(11)12(15)5-4-9-3-1-2-6-14-9/h1-3,6-8,12,15H,4-5H2. The molecular weight excluding hydrogens is 286 g/mol. The molecule has 2 heterocycles. The molecule has 1 atom stereocenters. The molecule has 0 spiro atoms. The molecule has 0 aliphatic rings. The van der Waals surface area contributed by atoms with Crippen LogP contribution in [0.25, 0.3) is 0 Å². The molecule has 0 aliphatic carbocycles. The molecule has 1 unspecified atom stereocenters. The van der Waals surface area contributed by atoms with Crippen LogP contribution in [0.4, 0.5) is 0 Å². The Morgan fingerprint density at radius 2 is 2.25 bits per heavy atom. The Morgan fingerprint density at radius 1 is 1.38 bits per heavy atom. The lowest BCUT2D eigenvalue weighted by Crippen LogP contribution is -1.99. The summed E-state index contributed by atoms with van der Waals surface area (Å²) in [6, 6.07) is 5.85. The van der Waals surface area contributed by atoms with Gasteiger partial charge in [0.2, 0.25) is 0 Å². The summed E-state index contributed by atoms with van der Waals surface area (Å²) in [7, 11) is 0. The van der Waals surface area contributed by atoms with Gasteiger partial charge in [-0.25, -0.2) is 0 Å². The molecule has 0 aromatic carbocycles. The average Bonchev–Trinajstić information content (AvgIpc) is 2.74. The van der Waals surface area contributed by atoms with Crippen molar-refractivity contribution in [2.75, 3.05) is 0 Å². The van der Waals surface area contributed by atoms with Gasteiger partial charge in [0.15, 0.2) is 0 Å². The van der Waals surface area contributed by atoms with Gasteiger partial charge in [-0.2, -0.15) is 11.3 Å². The number of hydrogen-bond donors (Lipinski definition) is 1. The highest BCUT2D eigenvalue weighted by molar-refractivity contribution is 9.10. The maximum absolute atomic E-state index is 10.0. The zero-order valence-electron chi connectivity index (χ0n) is 8.64. The van der Waals surface area contributed by atoms with Crippen LogP contribution in [-0.4, -0.2) is 10.1 Å². The number of aromatic nitrogens is 1. The third kappa shape index (κ3) is 2.90. The average molecular weight is 298 g/mol. The Labute approximate surface area is 107 Å². The number of aliphatic hydroxyl groups excluding tert-OH is 1. The molecule has 2 rings (SSSR count). The number of aliphatic hydroxyl groups is 1. The van der Waals surface area contributed by atoms with E-state index >= 15 is 0 Å². The van der Waals surface area contributed by atoms with Gasteiger partial charge in [0.25, 0.3) is 0 Å². The minimum Gasteiger partial charge on any atom is -0.388 e. The van der Waals surface area contributed by atoms with Crippen LogP contribution < -0.4 is 0 Å². The molecule has 16 heavy (non-hydrogen) atoms. The zero-order valence-corrected chi connectivity index (χ0v) is 11.0. The van der Waals surface area contributed by atoms with E-state index in [1.807, 2.05) is 29.0 Å². The highest BCUT2D eigenvalue weighted by Crippen LogP contribution is 2.29. The summed E-state index contributed by atoms with van der Waals surface area (Å²) >= 11 is 5.02. The lowest BCUT2D eigenvalue weighted by Gasteiger charge is -2.09. The molecule has 0 amide bonds. The quantitative estimate of drug-likeness (QED) is 0.936. The van der Waals surface area contributed by atoms with Crippen LogP contribution in [0.3, 0.4) is 0 Å². The molecular formula is C12H12BrNOS. The highest BCUT2D eigenvalue weighted by atomic mass is 79.9. The van der Waals surface area contributed by atoms with Crippen molar-refractivity contribution in [1.29, 1.82) is 0 Å². The Kier molecular flexibility index (Phi) is 4.09. The minimum absolute atomic E-state index is 0.414. The van der Waals surface area contributed by atoms with Crippen molar-refractivity contribution < 1.29 is 5.11 Å². The smallest absolute Gasteiger partial charge is 0.0812 e. The van der Waals surface area contributed by atoms with Crippen LogP contribution in [0.15, 0.2) is 39.6 Å². The second-order valence-electron chi connectivity index (χ2n) is 3.55. The van der Waals surface area contributed by atoms with E-state index in [4.69, 9.17) is 0 Å². The van der Waals surface area contributed by atoms with Gasteiger partial charge in [0.1, 0.15) is 0 Å². The maximum atomic E-state index is 10.0. The van der Waals surface area contributed by atoms with Crippen molar-refractivity contribution >= 4 is 27.3 Å². The minimum atomic E-state index is -0.414. The van der Waals surface area contributed by atoms with Gasteiger partial charge in [0, 0.05) is 27.3 Å². The summed E-state index contributed by atoms with van der Waals surface area (Å²) < 4.78 is 0.992. The summed E-state index contributed by atoms with van der Waals surface area (Å²) in [6.45, 7) is 0. The van der Waals surface area contributed by atoms with Crippen molar-refractivity contribution in [3.05, 3.63) is 50.9 Å². The van der Waals surface area contributed by atoms with E-state index < -0.39 is 6.10 Å². The highest BCUT2D eigenvalue weighted by Gasteiger charge is 2.12. The first-order valence-electron chi connectivity index (χ1n) is 5.07. The van der Waals surface area contributed by atoms with Crippen molar-refractivity contribution in [3.8, 4) is 0 Å². The van der Waals surface area contributed by atoms with Gasteiger partial charge in [-0.15, -0.1) is 0 Å². The van der Waals surface area contributed by atoms with E-state index in [1.54, 1.807) is 17.5 Å². The normalized spacial score (nSPS) is 12.6. The number of pyridine rings is 1. The number of thiophene rings is 1. The summed E-state index contributed by atoms with van der Waals surface area (Å²) in [5.41, 5.74) is 1.99. The fourth-order valence-corrected chi connectivity index (χ4v) is 3.12. The molecule has 0 saturated carbocycles. The molecule has 4 heteroatoms. The summed E-state index contributed by atoms with van der Waals surface area (Å²) in [6.07, 6.45) is 2.86. The predicted molar refractivity (Wildman–Crippen MR) is 69.5 cm³/mol. The largest absolute Gasteiger partial charge is 0.388 e. The topological polar surface area (TPSA) is 33.1 Å². The summed E-state index contributed by atoms with van der Waals surface area (Å²) in [4.78, 5) is 4.23. The number of aryl methyl sites for hydroxylation is 1. The molecule has 0 radical (unpaired) electrons. The third-order valence-electron chi connectivity index (χ3n) is 2.40. The molecule has 1 N–H and O–H groups in total. The molecule has 0 fully saturated rings. The Hall–Kier alpha value is -0.710. The second-order valence-corrected chi connectivity index (χ2v) is 5.15. The summed E-state index contributed by atoms with van der Waals surface area (Å²) in [5.74, 6) is 0. The lowest BCUT2D eigenvalue weighted by molar-refractivity contribution is 0.167. The molecule has 0 bridgehead atoms. The fraction of sp³-hybridized carbons (Fsp3) is 0.250. The molecule has 0 aliphatic heterocycles. The SMILES string of the molecule is OC(CCc1ccccn1)c1cscc1Br. The number of halogens is 1. The van der Waals surface area contributed by atoms with Crippen LogP contribution in [0.5, 0.6) is 0 Å². The monoisotopic (exact) mass is 297 g/mol. The van der Waals surface area contributed by atoms with Crippen molar-refractivity contribution in [2.45, 2.75) is 18.9 Å². The van der Waals surface area contributed by atoms with Crippen LogP contribution in [0.2, 0.25) is 0 Å². The van der Waals surface area contributed by atoms with E-state index in [1.165, 1.54) is 0 Å². The summed E-state index contributed by atoms with van der Waals surface area (Å²) in [5, 5.41) is 14.0. The molecule has 2 aromatic heterocycles. The Bertz CT molecular complexity index is 443. The van der Waals surface area contributed by atoms with E-state index in [-0.39, 0.29) is 0 Å². The molecule has 2 aromatic rings. The lowest BCUT2D eigenvalue weighted by atomic mass is 10.1. The number of nitrogens with zero attached hydrogens (tertiary/aromatic N) is 1. The van der Waals surface area contributed by atoms with Gasteiger partial charge in [-0.05, 0) is 46.3 Å². The van der Waals surface area contributed by atoms with E-state index in [0.717, 1.165) is 22.2 Å².